The van der Waals surface area contributed by atoms with E-state index >= 15 is 0 Å². The number of hydrogen-bond donors (Lipinski definition) is 1. The Bertz CT molecular complexity index is 532. The Hall–Kier alpha value is -1.67. The molecule has 0 radical (unpaired) electrons. The first-order valence-electron chi connectivity index (χ1n) is 6.65. The second-order valence-corrected chi connectivity index (χ2v) is 5.43. The van der Waals surface area contributed by atoms with E-state index in [9.17, 15) is 0 Å². The second kappa shape index (κ2) is 6.67. The summed E-state index contributed by atoms with van der Waals surface area (Å²) < 4.78 is 5.78. The molecule has 2 rings (SSSR count). The van der Waals surface area contributed by atoms with Gasteiger partial charge < -0.3 is 10.5 Å². The molecule has 0 atom stereocenters. The molecule has 0 aliphatic heterocycles. The molecule has 0 saturated carbocycles. The number of hydrogen-bond acceptors (Lipinski definition) is 2. The van der Waals surface area contributed by atoms with Crippen LogP contribution in [-0.2, 0) is 5.41 Å². The summed E-state index contributed by atoms with van der Waals surface area (Å²) in [5, 5.41) is 0. The molecule has 0 bridgehead atoms. The molecule has 0 saturated heterocycles. The molecule has 2 nitrogen and oxygen atoms in total. The first-order chi connectivity index (χ1) is 9.01. The average molecular weight is 292 g/mol. The van der Waals surface area contributed by atoms with Crippen LogP contribution in [0.25, 0.3) is 0 Å². The number of benzene rings is 2. The third kappa shape index (κ3) is 3.91. The van der Waals surface area contributed by atoms with Crippen molar-refractivity contribution in [2.24, 2.45) is 0 Å². The van der Waals surface area contributed by atoms with Crippen LogP contribution in [0.3, 0.4) is 0 Å². The van der Waals surface area contributed by atoms with Gasteiger partial charge in [0, 0.05) is 5.69 Å². The Morgan fingerprint density at radius 1 is 0.900 bits per heavy atom. The summed E-state index contributed by atoms with van der Waals surface area (Å²) >= 11 is 0. The van der Waals surface area contributed by atoms with Crippen molar-refractivity contribution in [2.45, 2.75) is 32.6 Å². The van der Waals surface area contributed by atoms with Crippen molar-refractivity contribution >= 4 is 18.1 Å². The lowest BCUT2D eigenvalue weighted by Gasteiger charge is -2.23. The highest BCUT2D eigenvalue weighted by atomic mass is 35.5. The number of halogens is 1. The van der Waals surface area contributed by atoms with E-state index in [1.807, 2.05) is 36.4 Å². The van der Waals surface area contributed by atoms with E-state index < -0.39 is 0 Å². The zero-order chi connectivity index (χ0) is 13.9. The highest BCUT2D eigenvalue weighted by Gasteiger charge is 2.17. The van der Waals surface area contributed by atoms with Gasteiger partial charge in [-0.05, 0) is 53.8 Å². The van der Waals surface area contributed by atoms with E-state index in [-0.39, 0.29) is 17.8 Å². The van der Waals surface area contributed by atoms with Crippen LogP contribution in [0.2, 0.25) is 0 Å². The van der Waals surface area contributed by atoms with E-state index in [1.165, 1.54) is 5.56 Å². The summed E-state index contributed by atoms with van der Waals surface area (Å²) in [7, 11) is 0. The minimum atomic E-state index is 0. The van der Waals surface area contributed by atoms with Crippen molar-refractivity contribution < 1.29 is 4.74 Å². The largest absolute Gasteiger partial charge is 0.457 e. The van der Waals surface area contributed by atoms with Crippen LogP contribution in [0.15, 0.2) is 48.5 Å². The maximum atomic E-state index is 5.78. The zero-order valence-electron chi connectivity index (χ0n) is 12.2. The van der Waals surface area contributed by atoms with E-state index in [0.717, 1.165) is 23.6 Å². The summed E-state index contributed by atoms with van der Waals surface area (Å²) in [6.45, 7) is 6.71. The molecule has 0 aliphatic rings. The van der Waals surface area contributed by atoms with Gasteiger partial charge in [-0.3, -0.25) is 0 Å². The van der Waals surface area contributed by atoms with Crippen molar-refractivity contribution in [1.29, 1.82) is 0 Å². The lowest BCUT2D eigenvalue weighted by molar-refractivity contribution is 0.478. The predicted molar refractivity (Wildman–Crippen MR) is 87.9 cm³/mol. The van der Waals surface area contributed by atoms with Crippen LogP contribution in [0.1, 0.15) is 32.8 Å². The van der Waals surface area contributed by atoms with E-state index in [4.69, 9.17) is 10.5 Å². The minimum Gasteiger partial charge on any atom is -0.457 e. The molecule has 0 spiro atoms. The molecule has 2 aromatic carbocycles. The second-order valence-electron chi connectivity index (χ2n) is 5.43. The maximum absolute atomic E-state index is 5.78. The first-order valence-corrected chi connectivity index (χ1v) is 6.65. The van der Waals surface area contributed by atoms with Crippen LogP contribution < -0.4 is 10.5 Å². The van der Waals surface area contributed by atoms with Gasteiger partial charge >= 0.3 is 0 Å². The van der Waals surface area contributed by atoms with Crippen LogP contribution >= 0.6 is 12.4 Å². The van der Waals surface area contributed by atoms with E-state index in [1.54, 1.807) is 0 Å². The summed E-state index contributed by atoms with van der Waals surface area (Å²) in [4.78, 5) is 0. The molecular weight excluding hydrogens is 270 g/mol. The Morgan fingerprint density at radius 3 is 1.80 bits per heavy atom. The average Bonchev–Trinajstić information content (AvgIpc) is 2.42. The maximum Gasteiger partial charge on any atom is 0.127 e. The summed E-state index contributed by atoms with van der Waals surface area (Å²) in [5.41, 5.74) is 7.93. The molecule has 0 unspecified atom stereocenters. The number of ether oxygens (including phenoxy) is 1. The Kier molecular flexibility index (Phi) is 5.46. The minimum absolute atomic E-state index is 0. The van der Waals surface area contributed by atoms with Gasteiger partial charge in [0.25, 0.3) is 0 Å². The Morgan fingerprint density at radius 2 is 1.35 bits per heavy atom. The molecule has 0 heterocycles. The van der Waals surface area contributed by atoms with Crippen molar-refractivity contribution in [3.8, 4) is 11.5 Å². The standard InChI is InChI=1S/C17H21NO.ClH/c1-4-17(2,3)13-5-9-15(10-6-13)19-16-11-7-14(18)8-12-16;/h5-12H,4,18H2,1-3H3;1H. The van der Waals surface area contributed by atoms with Gasteiger partial charge in [0.1, 0.15) is 11.5 Å². The number of anilines is 1. The number of nitrogens with two attached hydrogens (primary N) is 1. The highest BCUT2D eigenvalue weighted by Crippen LogP contribution is 2.29. The van der Waals surface area contributed by atoms with Crippen LogP contribution in [-0.4, -0.2) is 0 Å². The van der Waals surface area contributed by atoms with Gasteiger partial charge in [-0.2, -0.15) is 0 Å². The van der Waals surface area contributed by atoms with Crippen LogP contribution in [0.4, 0.5) is 5.69 Å². The van der Waals surface area contributed by atoms with Gasteiger partial charge in [0.05, 0.1) is 0 Å². The SMILES string of the molecule is CCC(C)(C)c1ccc(Oc2ccc(N)cc2)cc1.Cl. The third-order valence-electron chi connectivity index (χ3n) is 3.64. The smallest absolute Gasteiger partial charge is 0.127 e. The fraction of sp³-hybridized carbons (Fsp3) is 0.294. The molecule has 108 valence electrons. The molecule has 0 aliphatic carbocycles. The first kappa shape index (κ1) is 16.4. The van der Waals surface area contributed by atoms with Gasteiger partial charge in [-0.25, -0.2) is 0 Å². The molecule has 0 fully saturated rings. The van der Waals surface area contributed by atoms with E-state index in [2.05, 4.69) is 32.9 Å². The Labute approximate surface area is 127 Å². The molecule has 3 heteroatoms. The lowest BCUT2D eigenvalue weighted by Crippen LogP contribution is -2.14. The molecule has 2 aromatic rings. The number of rotatable bonds is 4. The molecular formula is C17H22ClNO. The fourth-order valence-electron chi connectivity index (χ4n) is 1.85. The van der Waals surface area contributed by atoms with Crippen LogP contribution in [0.5, 0.6) is 11.5 Å². The van der Waals surface area contributed by atoms with Crippen molar-refractivity contribution in [3.63, 3.8) is 0 Å². The summed E-state index contributed by atoms with van der Waals surface area (Å²) in [5.74, 6) is 1.65. The number of nitrogen functional groups attached to an aromatic ring is 1. The molecule has 2 N–H and O–H groups in total. The summed E-state index contributed by atoms with van der Waals surface area (Å²) in [6, 6.07) is 15.7. The lowest BCUT2D eigenvalue weighted by atomic mass is 9.82. The molecule has 0 aromatic heterocycles. The quantitative estimate of drug-likeness (QED) is 0.789. The van der Waals surface area contributed by atoms with Gasteiger partial charge in [-0.15, -0.1) is 12.4 Å². The summed E-state index contributed by atoms with van der Waals surface area (Å²) in [6.07, 6.45) is 1.12. The normalized spacial score (nSPS) is 10.8. The molecule has 0 amide bonds. The molecule has 20 heavy (non-hydrogen) atoms. The van der Waals surface area contributed by atoms with Gasteiger partial charge in [0.2, 0.25) is 0 Å². The topological polar surface area (TPSA) is 35.2 Å². The third-order valence-corrected chi connectivity index (χ3v) is 3.64. The Balaban J connectivity index is 0.00000200. The van der Waals surface area contributed by atoms with Crippen LogP contribution in [0, 0.1) is 0 Å². The van der Waals surface area contributed by atoms with Crippen molar-refractivity contribution in [2.75, 3.05) is 5.73 Å². The van der Waals surface area contributed by atoms with Gasteiger partial charge in [0.15, 0.2) is 0 Å². The van der Waals surface area contributed by atoms with Gasteiger partial charge in [-0.1, -0.05) is 32.9 Å². The highest BCUT2D eigenvalue weighted by molar-refractivity contribution is 5.85. The van der Waals surface area contributed by atoms with Crippen molar-refractivity contribution in [3.05, 3.63) is 54.1 Å². The fourth-order valence-corrected chi connectivity index (χ4v) is 1.85. The monoisotopic (exact) mass is 291 g/mol. The predicted octanol–water partition coefficient (Wildman–Crippen LogP) is 5.17. The van der Waals surface area contributed by atoms with Crippen molar-refractivity contribution in [1.82, 2.24) is 0 Å². The van der Waals surface area contributed by atoms with E-state index in [0.29, 0.717) is 0 Å². The zero-order valence-corrected chi connectivity index (χ0v) is 13.0.